The van der Waals surface area contributed by atoms with Gasteiger partial charge in [0.05, 0.1) is 18.2 Å². The molecule has 1 aliphatic heterocycles. The van der Waals surface area contributed by atoms with Crippen LogP contribution < -0.4 is 0 Å². The molecule has 0 spiro atoms. The number of amides is 1. The highest BCUT2D eigenvalue weighted by Crippen LogP contribution is 2.33. The van der Waals surface area contributed by atoms with Gasteiger partial charge in [0.1, 0.15) is 0 Å². The molecule has 0 N–H and O–H groups in total. The second kappa shape index (κ2) is 7.24. The number of carbonyl (C=O) groups excluding carboxylic acids is 1. The molecular formula is C19H19N3O2. The molecule has 5 nitrogen and oxygen atoms in total. The van der Waals surface area contributed by atoms with Gasteiger partial charge in [0.2, 0.25) is 0 Å². The lowest BCUT2D eigenvalue weighted by Crippen LogP contribution is -2.29. The largest absolute Gasteiger partial charge is 0.384 e. The van der Waals surface area contributed by atoms with Gasteiger partial charge in [-0.15, -0.1) is 0 Å². The van der Waals surface area contributed by atoms with Crippen LogP contribution in [0.1, 0.15) is 27.4 Å². The van der Waals surface area contributed by atoms with Crippen molar-refractivity contribution >= 4 is 5.91 Å². The van der Waals surface area contributed by atoms with Crippen molar-refractivity contribution in [2.24, 2.45) is 5.92 Å². The third kappa shape index (κ3) is 3.29. The van der Waals surface area contributed by atoms with Crippen LogP contribution in [0.2, 0.25) is 0 Å². The van der Waals surface area contributed by atoms with Crippen molar-refractivity contribution in [3.63, 3.8) is 0 Å². The monoisotopic (exact) mass is 321 g/mol. The maximum absolute atomic E-state index is 12.8. The Bertz CT molecular complexity index is 755. The molecule has 2 heterocycles. The highest BCUT2D eigenvalue weighted by Gasteiger charge is 2.36. The summed E-state index contributed by atoms with van der Waals surface area (Å²) in [6.45, 7) is 1.90. The number of methoxy groups -OCH3 is 1. The van der Waals surface area contributed by atoms with E-state index in [1.807, 2.05) is 17.0 Å². The first-order valence-corrected chi connectivity index (χ1v) is 7.91. The first-order valence-electron chi connectivity index (χ1n) is 7.91. The van der Waals surface area contributed by atoms with Gasteiger partial charge in [0.25, 0.3) is 5.91 Å². The van der Waals surface area contributed by atoms with Gasteiger partial charge in [-0.05, 0) is 35.9 Å². The second-order valence-corrected chi connectivity index (χ2v) is 6.01. The number of ether oxygens (including phenoxy) is 1. The molecule has 1 aromatic heterocycles. The van der Waals surface area contributed by atoms with E-state index in [0.717, 1.165) is 0 Å². The smallest absolute Gasteiger partial charge is 0.253 e. The average Bonchev–Trinajstić information content (AvgIpc) is 3.06. The van der Waals surface area contributed by atoms with E-state index in [4.69, 9.17) is 10.00 Å². The lowest BCUT2D eigenvalue weighted by Gasteiger charge is -2.17. The van der Waals surface area contributed by atoms with E-state index in [-0.39, 0.29) is 17.7 Å². The fraction of sp³-hybridized carbons (Fsp3) is 0.316. The maximum Gasteiger partial charge on any atom is 0.253 e. The zero-order chi connectivity index (χ0) is 16.9. The molecule has 3 rings (SSSR count). The van der Waals surface area contributed by atoms with E-state index in [1.54, 1.807) is 43.8 Å². The number of carbonyl (C=O) groups is 1. The Hall–Kier alpha value is -2.71. The van der Waals surface area contributed by atoms with Crippen molar-refractivity contribution in [1.82, 2.24) is 9.88 Å². The van der Waals surface area contributed by atoms with E-state index in [2.05, 4.69) is 11.1 Å². The van der Waals surface area contributed by atoms with E-state index < -0.39 is 0 Å². The number of likely N-dealkylation sites (tertiary alicyclic amines) is 1. The quantitative estimate of drug-likeness (QED) is 0.867. The summed E-state index contributed by atoms with van der Waals surface area (Å²) in [5, 5.41) is 9.01. The molecule has 2 aromatic rings. The normalized spacial score (nSPS) is 19.9. The van der Waals surface area contributed by atoms with E-state index in [9.17, 15) is 4.79 Å². The maximum atomic E-state index is 12.8. The highest BCUT2D eigenvalue weighted by molar-refractivity contribution is 5.94. The summed E-state index contributed by atoms with van der Waals surface area (Å²) in [6, 6.07) is 12.9. The molecule has 0 unspecified atom stereocenters. The molecule has 0 aliphatic carbocycles. The third-order valence-corrected chi connectivity index (χ3v) is 4.48. The first-order chi connectivity index (χ1) is 11.7. The summed E-state index contributed by atoms with van der Waals surface area (Å²) in [7, 11) is 1.69. The average molecular weight is 321 g/mol. The number of benzene rings is 1. The molecule has 1 aliphatic rings. The second-order valence-electron chi connectivity index (χ2n) is 6.01. The lowest BCUT2D eigenvalue weighted by atomic mass is 9.90. The predicted octanol–water partition coefficient (Wildman–Crippen LogP) is 2.46. The molecule has 1 aromatic carbocycles. The van der Waals surface area contributed by atoms with Crippen molar-refractivity contribution in [3.05, 3.63) is 65.5 Å². The number of hydrogen-bond donors (Lipinski definition) is 0. The van der Waals surface area contributed by atoms with Crippen molar-refractivity contribution in [2.45, 2.75) is 5.92 Å². The van der Waals surface area contributed by atoms with Gasteiger partial charge in [0, 0.05) is 50.0 Å². The van der Waals surface area contributed by atoms with Gasteiger partial charge in [-0.25, -0.2) is 0 Å². The lowest BCUT2D eigenvalue weighted by molar-refractivity contribution is 0.0775. The van der Waals surface area contributed by atoms with Crippen LogP contribution in [0.15, 0.2) is 48.8 Å². The van der Waals surface area contributed by atoms with Crippen molar-refractivity contribution in [2.75, 3.05) is 26.8 Å². The van der Waals surface area contributed by atoms with Crippen molar-refractivity contribution in [3.8, 4) is 6.07 Å². The summed E-state index contributed by atoms with van der Waals surface area (Å²) in [5.74, 6) is 0.446. The van der Waals surface area contributed by atoms with Crippen LogP contribution in [0.25, 0.3) is 0 Å². The first kappa shape index (κ1) is 16.2. The third-order valence-electron chi connectivity index (χ3n) is 4.48. The van der Waals surface area contributed by atoms with Crippen LogP contribution in [0.5, 0.6) is 0 Å². The van der Waals surface area contributed by atoms with Crippen molar-refractivity contribution in [1.29, 1.82) is 5.26 Å². The number of hydrogen-bond acceptors (Lipinski definition) is 4. The minimum Gasteiger partial charge on any atom is -0.384 e. The van der Waals surface area contributed by atoms with Gasteiger partial charge in [-0.1, -0.05) is 6.07 Å². The predicted molar refractivity (Wildman–Crippen MR) is 89.4 cm³/mol. The Morgan fingerprint density at radius 3 is 2.83 bits per heavy atom. The summed E-state index contributed by atoms with van der Waals surface area (Å²) >= 11 is 0. The summed E-state index contributed by atoms with van der Waals surface area (Å²) in [4.78, 5) is 18.7. The summed E-state index contributed by atoms with van der Waals surface area (Å²) in [6.07, 6.45) is 3.56. The number of nitrogens with zero attached hydrogens (tertiary/aromatic N) is 3. The van der Waals surface area contributed by atoms with Gasteiger partial charge < -0.3 is 9.64 Å². The number of nitriles is 1. The molecule has 1 saturated heterocycles. The Morgan fingerprint density at radius 1 is 1.33 bits per heavy atom. The van der Waals surface area contributed by atoms with Gasteiger partial charge in [-0.2, -0.15) is 5.26 Å². The zero-order valence-corrected chi connectivity index (χ0v) is 13.6. The van der Waals surface area contributed by atoms with E-state index in [1.165, 1.54) is 5.56 Å². The minimum atomic E-state index is -0.0373. The Morgan fingerprint density at radius 2 is 2.12 bits per heavy atom. The summed E-state index contributed by atoms with van der Waals surface area (Å²) < 4.78 is 5.35. The van der Waals surface area contributed by atoms with Crippen LogP contribution >= 0.6 is 0 Å². The minimum absolute atomic E-state index is 0.0373. The number of aromatic nitrogens is 1. The molecule has 2 atom stereocenters. The molecule has 1 amide bonds. The number of rotatable bonds is 4. The van der Waals surface area contributed by atoms with E-state index in [0.29, 0.717) is 30.8 Å². The van der Waals surface area contributed by atoms with Gasteiger partial charge in [0.15, 0.2) is 0 Å². The van der Waals surface area contributed by atoms with Crippen molar-refractivity contribution < 1.29 is 9.53 Å². The topological polar surface area (TPSA) is 66.2 Å². The molecule has 0 radical (unpaired) electrons. The van der Waals surface area contributed by atoms with Gasteiger partial charge in [-0.3, -0.25) is 9.78 Å². The fourth-order valence-electron chi connectivity index (χ4n) is 3.31. The Balaban J connectivity index is 1.82. The Labute approximate surface area is 141 Å². The van der Waals surface area contributed by atoms with Gasteiger partial charge >= 0.3 is 0 Å². The van der Waals surface area contributed by atoms with E-state index >= 15 is 0 Å². The molecule has 24 heavy (non-hydrogen) atoms. The standard InChI is InChI=1S/C19H19N3O2/c1-24-13-17-11-22(12-18(17)15-5-7-21-8-6-15)19(23)16-4-2-3-14(9-16)10-20/h2-9,17-18H,11-13H2,1H3/t17-,18-/m0/s1. The van der Waals surface area contributed by atoms with Crippen LogP contribution in [0.4, 0.5) is 0 Å². The fourth-order valence-corrected chi connectivity index (χ4v) is 3.31. The molecule has 0 bridgehead atoms. The number of pyridine rings is 1. The molecular weight excluding hydrogens is 302 g/mol. The molecule has 0 saturated carbocycles. The zero-order valence-electron chi connectivity index (χ0n) is 13.6. The Kier molecular flexibility index (Phi) is 4.88. The summed E-state index contributed by atoms with van der Waals surface area (Å²) in [5.41, 5.74) is 2.23. The SMILES string of the molecule is COC[C@@H]1CN(C(=O)c2cccc(C#N)c2)C[C@H]1c1ccncc1. The molecule has 5 heteroatoms. The highest BCUT2D eigenvalue weighted by atomic mass is 16.5. The molecule has 122 valence electrons. The van der Waals surface area contributed by atoms with Crippen LogP contribution in [0, 0.1) is 17.2 Å². The van der Waals surface area contributed by atoms with Crippen LogP contribution in [-0.2, 0) is 4.74 Å². The van der Waals surface area contributed by atoms with Crippen LogP contribution in [0.3, 0.4) is 0 Å². The molecule has 1 fully saturated rings. The van der Waals surface area contributed by atoms with Crippen LogP contribution in [-0.4, -0.2) is 42.6 Å².